The minimum Gasteiger partial charge on any atom is -0.492 e. The molecule has 0 aliphatic rings. The van der Waals surface area contributed by atoms with Gasteiger partial charge in [-0.05, 0) is 36.7 Å². The number of benzene rings is 1. The minimum absolute atomic E-state index is 0.390. The highest BCUT2D eigenvalue weighted by Gasteiger charge is 2.04. The van der Waals surface area contributed by atoms with E-state index < -0.39 is 0 Å². The summed E-state index contributed by atoms with van der Waals surface area (Å²) in [7, 11) is 0. The summed E-state index contributed by atoms with van der Waals surface area (Å²) in [5.41, 5.74) is 6.32. The number of rotatable bonds is 7. The summed E-state index contributed by atoms with van der Waals surface area (Å²) in [6.07, 6.45) is 0. The molecule has 0 heterocycles. The van der Waals surface area contributed by atoms with Gasteiger partial charge in [0.25, 0.3) is 0 Å². The number of ether oxygens (including phenoxy) is 1. The van der Waals surface area contributed by atoms with Crippen LogP contribution in [0, 0.1) is 17.8 Å². The van der Waals surface area contributed by atoms with Crippen LogP contribution in [0.15, 0.2) is 24.3 Å². The van der Waals surface area contributed by atoms with Crippen LogP contribution in [0.25, 0.3) is 0 Å². The molecule has 0 saturated carbocycles. The smallest absolute Gasteiger partial charge is 0.119 e. The first-order valence-corrected chi connectivity index (χ1v) is 7.29. The molecule has 0 saturated heterocycles. The summed E-state index contributed by atoms with van der Waals surface area (Å²) in [5, 5.41) is 0. The number of hydrogen-bond donors (Lipinski definition) is 1. The van der Waals surface area contributed by atoms with Gasteiger partial charge in [-0.25, -0.2) is 0 Å². The lowest BCUT2D eigenvalue weighted by atomic mass is 10.2. The van der Waals surface area contributed by atoms with Gasteiger partial charge in [-0.15, -0.1) is 0 Å². The molecule has 0 atom stereocenters. The van der Waals surface area contributed by atoms with Gasteiger partial charge in [0.2, 0.25) is 0 Å². The first kappa shape index (κ1) is 16.6. The third-order valence-corrected chi connectivity index (χ3v) is 2.94. The molecule has 0 unspecified atom stereocenters. The van der Waals surface area contributed by atoms with Gasteiger partial charge in [0.15, 0.2) is 0 Å². The molecule has 0 aliphatic carbocycles. The average Bonchev–Trinajstić information content (AvgIpc) is 2.45. The first-order valence-electron chi connectivity index (χ1n) is 7.29. The van der Waals surface area contributed by atoms with Crippen molar-refractivity contribution in [3.63, 3.8) is 0 Å². The van der Waals surface area contributed by atoms with E-state index in [9.17, 15) is 0 Å². The maximum Gasteiger partial charge on any atom is 0.119 e. The molecule has 2 N–H and O–H groups in total. The van der Waals surface area contributed by atoms with E-state index in [1.54, 1.807) is 0 Å². The Morgan fingerprint density at radius 1 is 1.25 bits per heavy atom. The lowest BCUT2D eigenvalue weighted by Gasteiger charge is -2.22. The molecule has 1 aromatic rings. The first-order chi connectivity index (χ1) is 9.65. The molecule has 0 radical (unpaired) electrons. The highest BCUT2D eigenvalue weighted by molar-refractivity contribution is 5.38. The van der Waals surface area contributed by atoms with Crippen molar-refractivity contribution in [2.75, 3.05) is 32.8 Å². The van der Waals surface area contributed by atoms with Crippen LogP contribution < -0.4 is 10.5 Å². The van der Waals surface area contributed by atoms with E-state index >= 15 is 0 Å². The zero-order valence-corrected chi connectivity index (χ0v) is 12.9. The van der Waals surface area contributed by atoms with Crippen LogP contribution in [-0.2, 0) is 0 Å². The third kappa shape index (κ3) is 6.60. The van der Waals surface area contributed by atoms with Crippen LogP contribution in [0.2, 0.25) is 0 Å². The zero-order valence-electron chi connectivity index (χ0n) is 12.9. The van der Waals surface area contributed by atoms with Crippen molar-refractivity contribution in [2.45, 2.75) is 20.8 Å². The van der Waals surface area contributed by atoms with Gasteiger partial charge in [-0.2, -0.15) is 0 Å². The Morgan fingerprint density at radius 3 is 2.50 bits per heavy atom. The predicted molar refractivity (Wildman–Crippen MR) is 84.8 cm³/mol. The van der Waals surface area contributed by atoms with Crippen LogP contribution in [0.4, 0.5) is 0 Å². The molecule has 0 aromatic heterocycles. The van der Waals surface area contributed by atoms with Crippen LogP contribution in [0.5, 0.6) is 5.75 Å². The van der Waals surface area contributed by atoms with Crippen LogP contribution >= 0.6 is 0 Å². The maximum absolute atomic E-state index is 5.76. The van der Waals surface area contributed by atoms with Gasteiger partial charge in [0.1, 0.15) is 12.4 Å². The Kier molecular flexibility index (Phi) is 7.79. The fourth-order valence-electron chi connectivity index (χ4n) is 1.98. The molecule has 110 valence electrons. The molecule has 0 bridgehead atoms. The molecule has 1 aromatic carbocycles. The summed E-state index contributed by atoms with van der Waals surface area (Å²) in [4.78, 5) is 2.41. The topological polar surface area (TPSA) is 38.5 Å². The molecule has 0 spiro atoms. The fraction of sp³-hybridized carbons (Fsp3) is 0.529. The molecule has 0 amide bonds. The molecule has 3 heteroatoms. The van der Waals surface area contributed by atoms with E-state index in [-0.39, 0.29) is 0 Å². The fourth-order valence-corrected chi connectivity index (χ4v) is 1.98. The SMILES string of the molecule is CCN(CCOc1ccc(C#CCN)cc1)CC(C)C. The largest absolute Gasteiger partial charge is 0.492 e. The summed E-state index contributed by atoms with van der Waals surface area (Å²) >= 11 is 0. The van der Waals surface area contributed by atoms with Crippen molar-refractivity contribution in [1.29, 1.82) is 0 Å². The highest BCUT2D eigenvalue weighted by Crippen LogP contribution is 2.11. The Hall–Kier alpha value is -1.50. The standard InChI is InChI=1S/C17H26N2O/c1-4-19(14-15(2)3)12-13-20-17-9-7-16(8-10-17)6-5-11-18/h7-10,15H,4,11-14,18H2,1-3H3. The van der Waals surface area contributed by atoms with E-state index in [1.807, 2.05) is 24.3 Å². The predicted octanol–water partition coefficient (Wildman–Crippen LogP) is 2.35. The number of likely N-dealkylation sites (N-methyl/N-ethyl adjacent to an activating group) is 1. The van der Waals surface area contributed by atoms with Crippen molar-refractivity contribution < 1.29 is 4.74 Å². The van der Waals surface area contributed by atoms with Crippen molar-refractivity contribution in [3.8, 4) is 17.6 Å². The van der Waals surface area contributed by atoms with Gasteiger partial charge in [0, 0.05) is 18.7 Å². The number of nitrogens with zero attached hydrogens (tertiary/aromatic N) is 1. The van der Waals surface area contributed by atoms with E-state index in [0.29, 0.717) is 19.1 Å². The summed E-state index contributed by atoms with van der Waals surface area (Å²) in [6.45, 7) is 10.9. The highest BCUT2D eigenvalue weighted by atomic mass is 16.5. The second-order valence-corrected chi connectivity index (χ2v) is 5.17. The van der Waals surface area contributed by atoms with E-state index in [2.05, 4.69) is 37.5 Å². The lowest BCUT2D eigenvalue weighted by Crippen LogP contribution is -2.31. The molecule has 0 aliphatic heterocycles. The quantitative estimate of drug-likeness (QED) is 0.776. The number of nitrogens with two attached hydrogens (primary N) is 1. The summed E-state index contributed by atoms with van der Waals surface area (Å²) in [6, 6.07) is 7.84. The molecule has 20 heavy (non-hydrogen) atoms. The Morgan fingerprint density at radius 2 is 1.95 bits per heavy atom. The van der Waals surface area contributed by atoms with Crippen LogP contribution in [0.1, 0.15) is 26.3 Å². The van der Waals surface area contributed by atoms with Crippen molar-refractivity contribution in [3.05, 3.63) is 29.8 Å². The Bertz CT molecular complexity index is 429. The number of hydrogen-bond acceptors (Lipinski definition) is 3. The van der Waals surface area contributed by atoms with E-state index in [0.717, 1.165) is 30.9 Å². The zero-order chi connectivity index (χ0) is 14.8. The summed E-state index contributed by atoms with van der Waals surface area (Å²) < 4.78 is 5.76. The third-order valence-electron chi connectivity index (χ3n) is 2.94. The second kappa shape index (κ2) is 9.41. The monoisotopic (exact) mass is 274 g/mol. The average molecular weight is 274 g/mol. The van der Waals surface area contributed by atoms with Gasteiger partial charge >= 0.3 is 0 Å². The normalized spacial score (nSPS) is 10.5. The Balaban J connectivity index is 2.38. The molecule has 1 rings (SSSR count). The van der Waals surface area contributed by atoms with E-state index in [1.165, 1.54) is 0 Å². The second-order valence-electron chi connectivity index (χ2n) is 5.17. The van der Waals surface area contributed by atoms with Crippen LogP contribution in [-0.4, -0.2) is 37.7 Å². The maximum atomic E-state index is 5.76. The van der Waals surface area contributed by atoms with Crippen LogP contribution in [0.3, 0.4) is 0 Å². The minimum atomic E-state index is 0.390. The van der Waals surface area contributed by atoms with Crippen molar-refractivity contribution >= 4 is 0 Å². The van der Waals surface area contributed by atoms with E-state index in [4.69, 9.17) is 10.5 Å². The van der Waals surface area contributed by atoms with Gasteiger partial charge in [-0.3, -0.25) is 4.90 Å². The van der Waals surface area contributed by atoms with Gasteiger partial charge < -0.3 is 10.5 Å². The summed E-state index contributed by atoms with van der Waals surface area (Å²) in [5.74, 6) is 7.42. The lowest BCUT2D eigenvalue weighted by molar-refractivity contribution is 0.200. The molecular formula is C17H26N2O. The van der Waals surface area contributed by atoms with Gasteiger partial charge in [0.05, 0.1) is 6.54 Å². The van der Waals surface area contributed by atoms with Crippen molar-refractivity contribution in [2.24, 2.45) is 11.7 Å². The Labute approximate surface area is 123 Å². The molecular weight excluding hydrogens is 248 g/mol. The molecule has 3 nitrogen and oxygen atoms in total. The molecule has 0 fully saturated rings. The van der Waals surface area contributed by atoms with Crippen molar-refractivity contribution in [1.82, 2.24) is 4.90 Å². The van der Waals surface area contributed by atoms with Gasteiger partial charge in [-0.1, -0.05) is 32.6 Å².